The zero-order chi connectivity index (χ0) is 19.0. The summed E-state index contributed by atoms with van der Waals surface area (Å²) in [5.41, 5.74) is 1.27. The van der Waals surface area contributed by atoms with E-state index in [1.165, 1.54) is 36.8 Å². The van der Waals surface area contributed by atoms with E-state index < -0.39 is 11.6 Å². The summed E-state index contributed by atoms with van der Waals surface area (Å²) >= 11 is 6.03. The molecule has 0 unspecified atom stereocenters. The van der Waals surface area contributed by atoms with Crippen LogP contribution in [0.25, 0.3) is 33.5 Å². The summed E-state index contributed by atoms with van der Waals surface area (Å²) < 4.78 is 29.1. The third-order valence-corrected chi connectivity index (χ3v) is 4.46. The number of aromatic nitrogens is 4. The molecule has 0 fully saturated rings. The monoisotopic (exact) mass is 383 g/mol. The van der Waals surface area contributed by atoms with Crippen LogP contribution < -0.4 is 5.32 Å². The Hall–Kier alpha value is -3.19. The van der Waals surface area contributed by atoms with E-state index in [-0.39, 0.29) is 27.4 Å². The lowest BCUT2D eigenvalue weighted by molar-refractivity contribution is 0.627. The molecule has 4 aromatic rings. The van der Waals surface area contributed by atoms with Crippen LogP contribution in [0.1, 0.15) is 0 Å². The van der Waals surface area contributed by atoms with Gasteiger partial charge in [-0.3, -0.25) is 4.98 Å². The molecule has 0 aliphatic rings. The van der Waals surface area contributed by atoms with Crippen LogP contribution in [0.3, 0.4) is 0 Å². The summed E-state index contributed by atoms with van der Waals surface area (Å²) in [5, 5.41) is 2.92. The first kappa shape index (κ1) is 17.2. The van der Waals surface area contributed by atoms with E-state index in [1.807, 2.05) is 0 Å². The van der Waals surface area contributed by atoms with E-state index in [0.717, 1.165) is 0 Å². The molecule has 0 spiro atoms. The zero-order valence-electron chi connectivity index (χ0n) is 14.0. The first-order valence-corrected chi connectivity index (χ1v) is 8.36. The van der Waals surface area contributed by atoms with Crippen LogP contribution in [0.5, 0.6) is 0 Å². The third-order valence-electron chi connectivity index (χ3n) is 4.07. The highest BCUT2D eigenvalue weighted by Crippen LogP contribution is 2.36. The van der Waals surface area contributed by atoms with Crippen molar-refractivity contribution in [1.29, 1.82) is 0 Å². The SMILES string of the molecule is CNc1nc(-c2cnccn2)nc2ccc(-c3cccc(F)c3Cl)c(F)c12. The Bertz CT molecular complexity index is 1150. The van der Waals surface area contributed by atoms with Crippen molar-refractivity contribution in [2.45, 2.75) is 0 Å². The number of halogens is 3. The topological polar surface area (TPSA) is 63.6 Å². The molecule has 1 N–H and O–H groups in total. The lowest BCUT2D eigenvalue weighted by Crippen LogP contribution is -2.02. The van der Waals surface area contributed by atoms with Gasteiger partial charge in [-0.1, -0.05) is 23.7 Å². The Morgan fingerprint density at radius 2 is 1.85 bits per heavy atom. The molecule has 2 heterocycles. The van der Waals surface area contributed by atoms with E-state index >= 15 is 4.39 Å². The average Bonchev–Trinajstić information content (AvgIpc) is 2.70. The molecule has 27 heavy (non-hydrogen) atoms. The van der Waals surface area contributed by atoms with Crippen LogP contribution in [0.4, 0.5) is 14.6 Å². The molecule has 134 valence electrons. The lowest BCUT2D eigenvalue weighted by Gasteiger charge is -2.12. The van der Waals surface area contributed by atoms with Crippen molar-refractivity contribution < 1.29 is 8.78 Å². The second-order valence-corrected chi connectivity index (χ2v) is 6.04. The first-order valence-electron chi connectivity index (χ1n) is 7.99. The minimum atomic E-state index is -0.614. The second-order valence-electron chi connectivity index (χ2n) is 5.66. The first-order chi connectivity index (χ1) is 13.1. The Balaban J connectivity index is 1.97. The van der Waals surface area contributed by atoms with Crippen molar-refractivity contribution >= 4 is 28.3 Å². The van der Waals surface area contributed by atoms with Gasteiger partial charge >= 0.3 is 0 Å². The Morgan fingerprint density at radius 3 is 2.59 bits per heavy atom. The van der Waals surface area contributed by atoms with Gasteiger partial charge in [0.2, 0.25) is 0 Å². The second kappa shape index (κ2) is 6.85. The van der Waals surface area contributed by atoms with E-state index in [4.69, 9.17) is 11.6 Å². The standard InChI is InChI=1S/C19H12ClF2N5/c1-23-19-15-13(26-18(27-19)14-9-24-7-8-25-14)6-5-11(17(15)22)10-3-2-4-12(21)16(10)20/h2-9H,1H3,(H,23,26,27). The van der Waals surface area contributed by atoms with E-state index in [0.29, 0.717) is 17.0 Å². The molecule has 0 radical (unpaired) electrons. The number of benzene rings is 2. The lowest BCUT2D eigenvalue weighted by atomic mass is 10.0. The highest BCUT2D eigenvalue weighted by atomic mass is 35.5. The molecular weight excluding hydrogens is 372 g/mol. The molecule has 2 aromatic heterocycles. The summed E-state index contributed by atoms with van der Waals surface area (Å²) in [6.07, 6.45) is 4.59. The van der Waals surface area contributed by atoms with Crippen LogP contribution in [-0.4, -0.2) is 27.0 Å². The average molecular weight is 384 g/mol. The Labute approximate surface area is 158 Å². The van der Waals surface area contributed by atoms with Gasteiger partial charge in [0.25, 0.3) is 0 Å². The molecule has 0 atom stereocenters. The Morgan fingerprint density at radius 1 is 1.00 bits per heavy atom. The minimum Gasteiger partial charge on any atom is -0.372 e. The molecule has 4 rings (SSSR count). The molecule has 0 aliphatic carbocycles. The number of hydrogen-bond donors (Lipinski definition) is 1. The fourth-order valence-electron chi connectivity index (χ4n) is 2.82. The van der Waals surface area contributed by atoms with Crippen LogP contribution in [0.15, 0.2) is 48.9 Å². The van der Waals surface area contributed by atoms with Gasteiger partial charge in [0.15, 0.2) is 5.82 Å². The van der Waals surface area contributed by atoms with Crippen LogP contribution >= 0.6 is 11.6 Å². The van der Waals surface area contributed by atoms with Gasteiger partial charge in [0, 0.05) is 30.6 Å². The predicted molar refractivity (Wildman–Crippen MR) is 100 cm³/mol. The zero-order valence-corrected chi connectivity index (χ0v) is 14.8. The molecular formula is C19H12ClF2N5. The molecule has 0 bridgehead atoms. The van der Waals surface area contributed by atoms with Crippen molar-refractivity contribution in [3.63, 3.8) is 0 Å². The smallest absolute Gasteiger partial charge is 0.182 e. The third kappa shape index (κ3) is 2.96. The van der Waals surface area contributed by atoms with Crippen LogP contribution in [0.2, 0.25) is 5.02 Å². The summed E-state index contributed by atoms with van der Waals surface area (Å²) in [6, 6.07) is 7.42. The maximum atomic E-state index is 15.3. The maximum absolute atomic E-state index is 15.3. The van der Waals surface area contributed by atoms with Crippen molar-refractivity contribution in [1.82, 2.24) is 19.9 Å². The molecule has 5 nitrogen and oxygen atoms in total. The maximum Gasteiger partial charge on any atom is 0.182 e. The van der Waals surface area contributed by atoms with Crippen molar-refractivity contribution in [3.05, 3.63) is 65.6 Å². The van der Waals surface area contributed by atoms with Gasteiger partial charge in [-0.2, -0.15) is 0 Å². The quantitative estimate of drug-likeness (QED) is 0.554. The molecule has 8 heteroatoms. The van der Waals surface area contributed by atoms with Crippen molar-refractivity contribution in [2.24, 2.45) is 0 Å². The summed E-state index contributed by atoms with van der Waals surface area (Å²) in [5.74, 6) is -0.602. The van der Waals surface area contributed by atoms with Gasteiger partial charge < -0.3 is 5.32 Å². The van der Waals surface area contributed by atoms with Gasteiger partial charge in [-0.25, -0.2) is 23.7 Å². The van der Waals surface area contributed by atoms with Crippen molar-refractivity contribution in [2.75, 3.05) is 12.4 Å². The summed E-state index contributed by atoms with van der Waals surface area (Å²) in [6.45, 7) is 0. The number of rotatable bonds is 3. The largest absolute Gasteiger partial charge is 0.372 e. The highest BCUT2D eigenvalue weighted by molar-refractivity contribution is 6.33. The molecule has 0 saturated carbocycles. The number of nitrogens with zero attached hydrogens (tertiary/aromatic N) is 4. The van der Waals surface area contributed by atoms with Gasteiger partial charge in [-0.05, 0) is 18.2 Å². The fraction of sp³-hybridized carbons (Fsp3) is 0.0526. The minimum absolute atomic E-state index is 0.140. The number of hydrogen-bond acceptors (Lipinski definition) is 5. The van der Waals surface area contributed by atoms with Crippen molar-refractivity contribution in [3.8, 4) is 22.6 Å². The van der Waals surface area contributed by atoms with Gasteiger partial charge in [0.1, 0.15) is 23.1 Å². The highest BCUT2D eigenvalue weighted by Gasteiger charge is 2.19. The van der Waals surface area contributed by atoms with E-state index in [1.54, 1.807) is 19.2 Å². The number of anilines is 1. The van der Waals surface area contributed by atoms with E-state index in [9.17, 15) is 4.39 Å². The normalized spacial score (nSPS) is 11.0. The van der Waals surface area contributed by atoms with Crippen LogP contribution in [0, 0.1) is 11.6 Å². The van der Waals surface area contributed by atoms with Gasteiger partial charge in [0.05, 0.1) is 22.1 Å². The fourth-order valence-corrected chi connectivity index (χ4v) is 3.04. The molecule has 0 aliphatic heterocycles. The predicted octanol–water partition coefficient (Wildman–Crippen LogP) is 4.73. The number of nitrogens with one attached hydrogen (secondary N) is 1. The van der Waals surface area contributed by atoms with Crippen LogP contribution in [-0.2, 0) is 0 Å². The van der Waals surface area contributed by atoms with Gasteiger partial charge in [-0.15, -0.1) is 0 Å². The molecule has 0 saturated heterocycles. The Kier molecular flexibility index (Phi) is 4.37. The molecule has 0 amide bonds. The summed E-state index contributed by atoms with van der Waals surface area (Å²) in [7, 11) is 1.63. The molecule has 2 aromatic carbocycles. The summed E-state index contributed by atoms with van der Waals surface area (Å²) in [4.78, 5) is 16.9. The van der Waals surface area contributed by atoms with E-state index in [2.05, 4.69) is 25.3 Å². The number of fused-ring (bicyclic) bond motifs is 1.